The molecule has 4 heterocycles. The average Bonchev–Trinajstić information content (AvgIpc) is 3.13. The topological polar surface area (TPSA) is 67.5 Å². The van der Waals surface area contributed by atoms with E-state index in [0.717, 1.165) is 50.8 Å². The third kappa shape index (κ3) is 3.82. The summed E-state index contributed by atoms with van der Waals surface area (Å²) in [6, 6.07) is 4.61. The van der Waals surface area contributed by atoms with Crippen molar-refractivity contribution >= 4 is 5.82 Å². The summed E-state index contributed by atoms with van der Waals surface area (Å²) in [5.41, 5.74) is 0.888. The number of morpholine rings is 1. The van der Waals surface area contributed by atoms with Crippen molar-refractivity contribution in [3.63, 3.8) is 0 Å². The van der Waals surface area contributed by atoms with Crippen molar-refractivity contribution in [3.05, 3.63) is 24.2 Å². The molecule has 4 rings (SSSR count). The lowest BCUT2D eigenvalue weighted by Gasteiger charge is -2.31. The predicted octanol–water partition coefficient (Wildman–Crippen LogP) is 2.34. The van der Waals surface area contributed by atoms with Crippen molar-refractivity contribution in [1.29, 1.82) is 0 Å². The number of hydrogen-bond acceptors (Lipinski definition) is 7. The van der Waals surface area contributed by atoms with Crippen LogP contribution >= 0.6 is 0 Å². The van der Waals surface area contributed by atoms with Gasteiger partial charge in [-0.15, -0.1) is 0 Å². The van der Waals surface area contributed by atoms with Gasteiger partial charge in [0.15, 0.2) is 0 Å². The van der Waals surface area contributed by atoms with Crippen LogP contribution in [0.5, 0.6) is 0 Å². The molecule has 2 fully saturated rings. The van der Waals surface area contributed by atoms with Crippen molar-refractivity contribution in [2.24, 2.45) is 0 Å². The van der Waals surface area contributed by atoms with Gasteiger partial charge in [0.1, 0.15) is 5.82 Å². The molecule has 0 aromatic carbocycles. The smallest absolute Gasteiger partial charge is 0.241 e. The molecule has 2 aromatic rings. The van der Waals surface area contributed by atoms with Gasteiger partial charge in [-0.05, 0) is 38.4 Å². The van der Waals surface area contributed by atoms with Gasteiger partial charge in [0.2, 0.25) is 11.7 Å². The van der Waals surface area contributed by atoms with E-state index < -0.39 is 0 Å². The number of likely N-dealkylation sites (tertiary alicyclic amines) is 1. The Kier molecular flexibility index (Phi) is 4.94. The Morgan fingerprint density at radius 2 is 2.04 bits per heavy atom. The van der Waals surface area contributed by atoms with Crippen molar-refractivity contribution in [1.82, 2.24) is 20.0 Å². The van der Waals surface area contributed by atoms with Gasteiger partial charge in [-0.3, -0.25) is 4.90 Å². The maximum Gasteiger partial charge on any atom is 0.241 e. The molecule has 7 nitrogen and oxygen atoms in total. The summed E-state index contributed by atoms with van der Waals surface area (Å²) in [7, 11) is 0. The highest BCUT2D eigenvalue weighted by Crippen LogP contribution is 2.22. The zero-order valence-corrected chi connectivity index (χ0v) is 14.7. The van der Waals surface area contributed by atoms with Crippen LogP contribution in [-0.2, 0) is 11.3 Å². The van der Waals surface area contributed by atoms with Crippen molar-refractivity contribution < 1.29 is 9.26 Å². The van der Waals surface area contributed by atoms with Crippen LogP contribution in [0.1, 0.15) is 32.1 Å². The summed E-state index contributed by atoms with van der Waals surface area (Å²) < 4.78 is 10.8. The molecule has 0 bridgehead atoms. The number of ether oxygens (including phenoxy) is 1. The Balaban J connectivity index is 1.42. The third-order valence-corrected chi connectivity index (χ3v) is 5.09. The standard InChI is InChI=1S/C18H25N5O2/c1-14-4-2-3-7-23(14)13-17-20-18(21-25-17)15-5-6-16(19-12-15)22-8-10-24-11-9-22/h5-6,12,14H,2-4,7-11,13H2,1H3. The Labute approximate surface area is 148 Å². The van der Waals surface area contributed by atoms with Crippen LogP contribution in [0.25, 0.3) is 11.4 Å². The number of aromatic nitrogens is 3. The molecule has 0 N–H and O–H groups in total. The summed E-state index contributed by atoms with van der Waals surface area (Å²) in [5.74, 6) is 2.26. The van der Waals surface area contributed by atoms with E-state index >= 15 is 0 Å². The van der Waals surface area contributed by atoms with E-state index in [1.54, 1.807) is 0 Å². The lowest BCUT2D eigenvalue weighted by atomic mass is 10.0. The molecule has 0 spiro atoms. The van der Waals surface area contributed by atoms with Crippen LogP contribution in [0.2, 0.25) is 0 Å². The van der Waals surface area contributed by atoms with E-state index in [1.807, 2.05) is 18.3 Å². The normalized spacial score (nSPS) is 22.3. The zero-order chi connectivity index (χ0) is 17.1. The first kappa shape index (κ1) is 16.5. The van der Waals surface area contributed by atoms with Crippen LogP contribution in [0, 0.1) is 0 Å². The Morgan fingerprint density at radius 1 is 1.16 bits per heavy atom. The summed E-state index contributed by atoms with van der Waals surface area (Å²) in [6.45, 7) is 7.38. The lowest BCUT2D eigenvalue weighted by molar-refractivity contribution is 0.122. The summed E-state index contributed by atoms with van der Waals surface area (Å²) >= 11 is 0. The molecule has 25 heavy (non-hydrogen) atoms. The summed E-state index contributed by atoms with van der Waals surface area (Å²) in [6.07, 6.45) is 5.63. The largest absolute Gasteiger partial charge is 0.378 e. The fourth-order valence-corrected chi connectivity index (χ4v) is 3.50. The van der Waals surface area contributed by atoms with Gasteiger partial charge in [0.25, 0.3) is 0 Å². The second kappa shape index (κ2) is 7.49. The van der Waals surface area contributed by atoms with Gasteiger partial charge in [0.05, 0.1) is 19.8 Å². The van der Waals surface area contributed by atoms with E-state index in [4.69, 9.17) is 9.26 Å². The number of anilines is 1. The van der Waals surface area contributed by atoms with Crippen molar-refractivity contribution in [2.45, 2.75) is 38.8 Å². The fraction of sp³-hybridized carbons (Fsp3) is 0.611. The van der Waals surface area contributed by atoms with E-state index in [-0.39, 0.29) is 0 Å². The Hall–Kier alpha value is -1.99. The Morgan fingerprint density at radius 3 is 2.80 bits per heavy atom. The van der Waals surface area contributed by atoms with Crippen LogP contribution < -0.4 is 4.90 Å². The van der Waals surface area contributed by atoms with Gasteiger partial charge in [-0.2, -0.15) is 4.98 Å². The molecule has 134 valence electrons. The minimum absolute atomic E-state index is 0.582. The maximum atomic E-state index is 5.46. The van der Waals surface area contributed by atoms with Crippen molar-refractivity contribution in [3.8, 4) is 11.4 Å². The van der Waals surface area contributed by atoms with Gasteiger partial charge in [0, 0.05) is 30.9 Å². The highest BCUT2D eigenvalue weighted by Gasteiger charge is 2.21. The second-order valence-corrected chi connectivity index (χ2v) is 6.83. The summed E-state index contributed by atoms with van der Waals surface area (Å²) in [4.78, 5) is 13.8. The predicted molar refractivity (Wildman–Crippen MR) is 94.3 cm³/mol. The molecule has 2 aliphatic heterocycles. The van der Waals surface area contributed by atoms with Gasteiger partial charge in [-0.25, -0.2) is 4.98 Å². The van der Waals surface area contributed by atoms with Crippen LogP contribution in [0.15, 0.2) is 22.9 Å². The third-order valence-electron chi connectivity index (χ3n) is 5.09. The number of hydrogen-bond donors (Lipinski definition) is 0. The first-order valence-corrected chi connectivity index (χ1v) is 9.15. The molecule has 0 aliphatic carbocycles. The quantitative estimate of drug-likeness (QED) is 0.844. The number of piperidine rings is 1. The van der Waals surface area contributed by atoms with Crippen LogP contribution in [0.4, 0.5) is 5.82 Å². The molecule has 2 aliphatic rings. The van der Waals surface area contributed by atoms with Crippen LogP contribution in [0.3, 0.4) is 0 Å². The van der Waals surface area contributed by atoms with Gasteiger partial charge >= 0.3 is 0 Å². The highest BCUT2D eigenvalue weighted by atomic mass is 16.5. The first-order chi connectivity index (χ1) is 12.3. The van der Waals surface area contributed by atoms with Gasteiger partial charge in [-0.1, -0.05) is 11.6 Å². The molecule has 0 saturated carbocycles. The molecule has 2 aromatic heterocycles. The number of nitrogens with zero attached hydrogens (tertiary/aromatic N) is 5. The second-order valence-electron chi connectivity index (χ2n) is 6.83. The maximum absolute atomic E-state index is 5.46. The molecule has 1 atom stereocenters. The molecule has 7 heteroatoms. The van der Waals surface area contributed by atoms with E-state index in [9.17, 15) is 0 Å². The van der Waals surface area contributed by atoms with E-state index in [1.165, 1.54) is 19.3 Å². The first-order valence-electron chi connectivity index (χ1n) is 9.15. The fourth-order valence-electron chi connectivity index (χ4n) is 3.50. The summed E-state index contributed by atoms with van der Waals surface area (Å²) in [5, 5.41) is 4.13. The van der Waals surface area contributed by atoms with Crippen molar-refractivity contribution in [2.75, 3.05) is 37.7 Å². The number of pyridine rings is 1. The minimum atomic E-state index is 0.582. The molecular weight excluding hydrogens is 318 g/mol. The lowest BCUT2D eigenvalue weighted by Crippen LogP contribution is -2.36. The minimum Gasteiger partial charge on any atom is -0.378 e. The molecule has 2 saturated heterocycles. The zero-order valence-electron chi connectivity index (χ0n) is 14.7. The monoisotopic (exact) mass is 343 g/mol. The average molecular weight is 343 g/mol. The van der Waals surface area contributed by atoms with E-state index in [2.05, 4.69) is 31.8 Å². The highest BCUT2D eigenvalue weighted by molar-refractivity contribution is 5.55. The van der Waals surface area contributed by atoms with Crippen LogP contribution in [-0.4, -0.2) is 58.9 Å². The number of rotatable bonds is 4. The molecule has 0 amide bonds. The molecular formula is C18H25N5O2. The SMILES string of the molecule is CC1CCCCN1Cc1nc(-c2ccc(N3CCOCC3)nc2)no1. The van der Waals surface area contributed by atoms with E-state index in [0.29, 0.717) is 17.8 Å². The van der Waals surface area contributed by atoms with Gasteiger partial charge < -0.3 is 14.2 Å². The molecule has 1 unspecified atom stereocenters. The Bertz CT molecular complexity index is 681. The molecule has 0 radical (unpaired) electrons.